The van der Waals surface area contributed by atoms with Gasteiger partial charge >= 0.3 is 0 Å². The highest BCUT2D eigenvalue weighted by atomic mass is 16.2. The second kappa shape index (κ2) is 5.72. The minimum Gasteiger partial charge on any atom is -0.352 e. The monoisotopic (exact) mass is 234 g/mol. The van der Waals surface area contributed by atoms with Gasteiger partial charge in [0.1, 0.15) is 0 Å². The Balaban J connectivity index is 1.87. The van der Waals surface area contributed by atoms with Crippen molar-refractivity contribution in [3.05, 3.63) is 23.8 Å². The van der Waals surface area contributed by atoms with Crippen molar-refractivity contribution < 1.29 is 4.79 Å². The molecule has 0 atom stereocenters. The van der Waals surface area contributed by atoms with Crippen LogP contribution in [-0.2, 0) is 6.42 Å². The lowest BCUT2D eigenvalue weighted by molar-refractivity contribution is 0.0952. The lowest BCUT2D eigenvalue weighted by atomic mass is 10.2. The Morgan fingerprint density at radius 3 is 2.59 bits per heavy atom. The van der Waals surface area contributed by atoms with Gasteiger partial charge in [-0.2, -0.15) is 0 Å². The summed E-state index contributed by atoms with van der Waals surface area (Å²) in [6.45, 7) is 3.47. The van der Waals surface area contributed by atoms with Crippen molar-refractivity contribution in [3.8, 4) is 0 Å². The van der Waals surface area contributed by atoms with Crippen LogP contribution in [0.2, 0.25) is 0 Å². The van der Waals surface area contributed by atoms with Crippen LogP contribution in [0, 0.1) is 0 Å². The number of amides is 1. The zero-order valence-electron chi connectivity index (χ0n) is 10.1. The Morgan fingerprint density at radius 1 is 1.35 bits per heavy atom. The maximum absolute atomic E-state index is 11.2. The topological polar surface area (TPSA) is 58.1 Å². The van der Waals surface area contributed by atoms with E-state index in [0.717, 1.165) is 18.5 Å². The summed E-state index contributed by atoms with van der Waals surface area (Å²) in [5.74, 6) is -0.00600. The average Bonchev–Trinajstić information content (AvgIpc) is 2.89. The number of carbonyl (C=O) groups is 1. The standard InChI is InChI=1S/C12H18N4O/c1-13-12(17)11-14-8-10(9-15-11)4-7-16-5-2-3-6-16/h8-9H,2-7H2,1H3,(H,13,17). The van der Waals surface area contributed by atoms with E-state index < -0.39 is 0 Å². The summed E-state index contributed by atoms with van der Waals surface area (Å²) in [5.41, 5.74) is 1.09. The third kappa shape index (κ3) is 3.23. The van der Waals surface area contributed by atoms with Crippen LogP contribution >= 0.6 is 0 Å². The van der Waals surface area contributed by atoms with Gasteiger partial charge in [0.15, 0.2) is 0 Å². The van der Waals surface area contributed by atoms with Crippen LogP contribution in [0.25, 0.3) is 0 Å². The first-order chi connectivity index (χ1) is 8.29. The Bertz CT molecular complexity index is 371. The molecule has 0 bridgehead atoms. The third-order valence-electron chi connectivity index (χ3n) is 3.05. The van der Waals surface area contributed by atoms with Gasteiger partial charge in [0.25, 0.3) is 5.91 Å². The fraction of sp³-hybridized carbons (Fsp3) is 0.583. The maximum Gasteiger partial charge on any atom is 0.288 e. The van der Waals surface area contributed by atoms with Gasteiger partial charge in [-0.25, -0.2) is 9.97 Å². The number of carbonyl (C=O) groups excluding carboxylic acids is 1. The van der Waals surface area contributed by atoms with E-state index in [4.69, 9.17) is 0 Å². The maximum atomic E-state index is 11.2. The highest BCUT2D eigenvalue weighted by Crippen LogP contribution is 2.08. The third-order valence-corrected chi connectivity index (χ3v) is 3.05. The molecule has 1 aromatic rings. The number of nitrogens with zero attached hydrogens (tertiary/aromatic N) is 3. The molecular formula is C12H18N4O. The van der Waals surface area contributed by atoms with E-state index in [1.165, 1.54) is 25.9 Å². The van der Waals surface area contributed by atoms with Gasteiger partial charge in [-0.3, -0.25) is 4.79 Å². The van der Waals surface area contributed by atoms with E-state index in [2.05, 4.69) is 20.2 Å². The van der Waals surface area contributed by atoms with Crippen molar-refractivity contribution >= 4 is 5.91 Å². The normalized spacial score (nSPS) is 16.1. The number of hydrogen-bond donors (Lipinski definition) is 1. The van der Waals surface area contributed by atoms with Crippen molar-refractivity contribution in [3.63, 3.8) is 0 Å². The molecule has 92 valence electrons. The Morgan fingerprint density at radius 2 is 2.00 bits per heavy atom. The van der Waals surface area contributed by atoms with Crippen LogP contribution in [0.4, 0.5) is 0 Å². The van der Waals surface area contributed by atoms with Gasteiger partial charge in [0.05, 0.1) is 0 Å². The van der Waals surface area contributed by atoms with Crippen LogP contribution in [0.1, 0.15) is 29.0 Å². The first-order valence-electron chi connectivity index (χ1n) is 6.05. The lowest BCUT2D eigenvalue weighted by Crippen LogP contribution is -2.23. The van der Waals surface area contributed by atoms with Crippen molar-refractivity contribution in [2.24, 2.45) is 0 Å². The summed E-state index contributed by atoms with van der Waals surface area (Å²) in [4.78, 5) is 21.8. The second-order valence-corrected chi connectivity index (χ2v) is 4.29. The number of nitrogens with one attached hydrogen (secondary N) is 1. The molecule has 1 amide bonds. The SMILES string of the molecule is CNC(=O)c1ncc(CCN2CCCC2)cn1. The van der Waals surface area contributed by atoms with E-state index in [9.17, 15) is 4.79 Å². The molecule has 2 rings (SSSR count). The van der Waals surface area contributed by atoms with Crippen LogP contribution in [-0.4, -0.2) is 47.5 Å². The van der Waals surface area contributed by atoms with E-state index in [1.54, 1.807) is 19.4 Å². The Labute approximate surface area is 101 Å². The van der Waals surface area contributed by atoms with Gasteiger partial charge in [-0.1, -0.05) is 0 Å². The molecule has 2 heterocycles. The molecule has 0 aliphatic carbocycles. The molecule has 1 saturated heterocycles. The summed E-state index contributed by atoms with van der Waals surface area (Å²) in [6, 6.07) is 0. The van der Waals surface area contributed by atoms with Crippen LogP contribution in [0.5, 0.6) is 0 Å². The summed E-state index contributed by atoms with van der Waals surface area (Å²) < 4.78 is 0. The molecule has 1 aliphatic rings. The van der Waals surface area contributed by atoms with Crippen LogP contribution in [0.15, 0.2) is 12.4 Å². The Hall–Kier alpha value is -1.49. The number of rotatable bonds is 4. The molecule has 1 N–H and O–H groups in total. The molecule has 17 heavy (non-hydrogen) atoms. The summed E-state index contributed by atoms with van der Waals surface area (Å²) in [6.07, 6.45) is 7.06. The molecule has 0 spiro atoms. The summed E-state index contributed by atoms with van der Waals surface area (Å²) >= 11 is 0. The molecule has 1 aliphatic heterocycles. The van der Waals surface area contributed by atoms with Crippen LogP contribution in [0.3, 0.4) is 0 Å². The zero-order valence-corrected chi connectivity index (χ0v) is 10.1. The zero-order chi connectivity index (χ0) is 12.1. The molecule has 5 nitrogen and oxygen atoms in total. The van der Waals surface area contributed by atoms with E-state index >= 15 is 0 Å². The van der Waals surface area contributed by atoms with E-state index in [0.29, 0.717) is 0 Å². The molecule has 0 saturated carbocycles. The molecule has 5 heteroatoms. The smallest absolute Gasteiger partial charge is 0.288 e. The van der Waals surface area contributed by atoms with E-state index in [-0.39, 0.29) is 11.7 Å². The van der Waals surface area contributed by atoms with Gasteiger partial charge in [0.2, 0.25) is 5.82 Å². The number of likely N-dealkylation sites (tertiary alicyclic amines) is 1. The fourth-order valence-electron chi connectivity index (χ4n) is 2.01. The van der Waals surface area contributed by atoms with Crippen molar-refractivity contribution in [1.29, 1.82) is 0 Å². The predicted molar refractivity (Wildman–Crippen MR) is 64.8 cm³/mol. The number of aromatic nitrogens is 2. The van der Waals surface area contributed by atoms with Crippen molar-refractivity contribution in [2.75, 3.05) is 26.7 Å². The Kier molecular flexibility index (Phi) is 4.03. The first kappa shape index (κ1) is 12.0. The second-order valence-electron chi connectivity index (χ2n) is 4.29. The largest absolute Gasteiger partial charge is 0.352 e. The van der Waals surface area contributed by atoms with Crippen molar-refractivity contribution in [1.82, 2.24) is 20.2 Å². The van der Waals surface area contributed by atoms with Crippen molar-refractivity contribution in [2.45, 2.75) is 19.3 Å². The van der Waals surface area contributed by atoms with Gasteiger partial charge in [0, 0.05) is 26.0 Å². The van der Waals surface area contributed by atoms with Gasteiger partial charge in [-0.05, 0) is 37.9 Å². The van der Waals surface area contributed by atoms with E-state index in [1.807, 2.05) is 0 Å². The molecular weight excluding hydrogens is 216 g/mol. The lowest BCUT2D eigenvalue weighted by Gasteiger charge is -2.13. The van der Waals surface area contributed by atoms with Gasteiger partial charge < -0.3 is 10.2 Å². The van der Waals surface area contributed by atoms with Crippen LogP contribution < -0.4 is 5.32 Å². The minimum absolute atomic E-state index is 0.234. The molecule has 1 fully saturated rings. The molecule has 1 aromatic heterocycles. The predicted octanol–water partition coefficient (Wildman–Crippen LogP) is 0.474. The molecule has 0 aromatic carbocycles. The fourth-order valence-corrected chi connectivity index (χ4v) is 2.01. The number of hydrogen-bond acceptors (Lipinski definition) is 4. The molecule has 0 unspecified atom stereocenters. The quantitative estimate of drug-likeness (QED) is 0.823. The summed E-state index contributed by atoms with van der Waals surface area (Å²) in [7, 11) is 1.58. The highest BCUT2D eigenvalue weighted by molar-refractivity contribution is 5.89. The minimum atomic E-state index is -0.240. The average molecular weight is 234 g/mol. The summed E-state index contributed by atoms with van der Waals surface area (Å²) in [5, 5.41) is 2.51. The molecule has 0 radical (unpaired) electrons. The van der Waals surface area contributed by atoms with Gasteiger partial charge in [-0.15, -0.1) is 0 Å². The highest BCUT2D eigenvalue weighted by Gasteiger charge is 2.11. The first-order valence-corrected chi connectivity index (χ1v) is 6.05.